The highest BCUT2D eigenvalue weighted by atomic mass is 35.5. The van der Waals surface area contributed by atoms with Crippen LogP contribution in [0.3, 0.4) is 0 Å². The first-order valence-corrected chi connectivity index (χ1v) is 8.26. The molecule has 0 unspecified atom stereocenters. The number of benzene rings is 1. The molecular formula is C12H15Cl2O4P. The fourth-order valence-corrected chi connectivity index (χ4v) is 3.46. The lowest BCUT2D eigenvalue weighted by Gasteiger charge is -2.16. The second kappa shape index (κ2) is 7.41. The Bertz CT molecular complexity index is 495. The Kier molecular flexibility index (Phi) is 6.51. The van der Waals surface area contributed by atoms with Crippen molar-refractivity contribution in [2.75, 3.05) is 19.4 Å². The van der Waals surface area contributed by atoms with Crippen LogP contribution < -0.4 is 0 Å². The highest BCUT2D eigenvalue weighted by molar-refractivity contribution is 7.55. The van der Waals surface area contributed by atoms with Crippen molar-refractivity contribution in [3.05, 3.63) is 33.8 Å². The molecule has 0 saturated heterocycles. The van der Waals surface area contributed by atoms with Gasteiger partial charge in [-0.25, -0.2) is 0 Å². The van der Waals surface area contributed by atoms with Gasteiger partial charge in [0.05, 0.1) is 18.2 Å². The van der Waals surface area contributed by atoms with Crippen molar-refractivity contribution < 1.29 is 18.4 Å². The van der Waals surface area contributed by atoms with Crippen LogP contribution in [0.5, 0.6) is 0 Å². The summed E-state index contributed by atoms with van der Waals surface area (Å²) >= 11 is 11.7. The number of carbonyl (C=O) groups is 1. The molecule has 0 aliphatic rings. The van der Waals surface area contributed by atoms with Crippen LogP contribution in [0, 0.1) is 0 Å². The quantitative estimate of drug-likeness (QED) is 0.549. The summed E-state index contributed by atoms with van der Waals surface area (Å²) in [5, 5.41) is 0.643. The van der Waals surface area contributed by atoms with E-state index < -0.39 is 13.4 Å². The van der Waals surface area contributed by atoms with Crippen LogP contribution in [-0.2, 0) is 13.6 Å². The SMILES string of the molecule is CCOP(=O)(CC(=O)c1cc(Cl)ccc1Cl)OCC. The van der Waals surface area contributed by atoms with E-state index in [4.69, 9.17) is 32.2 Å². The summed E-state index contributed by atoms with van der Waals surface area (Å²) < 4.78 is 22.4. The lowest BCUT2D eigenvalue weighted by atomic mass is 10.1. The number of hydrogen-bond acceptors (Lipinski definition) is 4. The number of halogens is 2. The molecule has 1 aromatic rings. The van der Waals surface area contributed by atoms with Crippen LogP contribution in [0.1, 0.15) is 24.2 Å². The van der Waals surface area contributed by atoms with Gasteiger partial charge in [0.15, 0.2) is 5.78 Å². The molecule has 0 aliphatic carbocycles. The molecule has 0 bridgehead atoms. The number of hydrogen-bond donors (Lipinski definition) is 0. The summed E-state index contributed by atoms with van der Waals surface area (Å²) in [6.45, 7) is 3.77. The minimum absolute atomic E-state index is 0.202. The Hall–Kier alpha value is -0.380. The molecule has 0 saturated carbocycles. The third-order valence-electron chi connectivity index (χ3n) is 2.22. The molecule has 1 aromatic carbocycles. The molecule has 0 N–H and O–H groups in total. The van der Waals surface area contributed by atoms with Gasteiger partial charge in [-0.05, 0) is 32.0 Å². The van der Waals surface area contributed by atoms with Crippen molar-refractivity contribution in [2.45, 2.75) is 13.8 Å². The van der Waals surface area contributed by atoms with Crippen LogP contribution in [0.2, 0.25) is 10.0 Å². The average molecular weight is 325 g/mol. The van der Waals surface area contributed by atoms with E-state index in [1.54, 1.807) is 19.9 Å². The van der Waals surface area contributed by atoms with Crippen molar-refractivity contribution in [1.82, 2.24) is 0 Å². The summed E-state index contributed by atoms with van der Waals surface area (Å²) in [7, 11) is -3.43. The predicted molar refractivity (Wildman–Crippen MR) is 76.5 cm³/mol. The molecule has 0 aromatic heterocycles. The Morgan fingerprint density at radius 1 is 1.21 bits per heavy atom. The molecule has 4 nitrogen and oxygen atoms in total. The van der Waals surface area contributed by atoms with Crippen LogP contribution in [0.25, 0.3) is 0 Å². The van der Waals surface area contributed by atoms with Gasteiger partial charge in [-0.1, -0.05) is 23.2 Å². The Balaban J connectivity index is 2.94. The highest BCUT2D eigenvalue weighted by Gasteiger charge is 2.29. The van der Waals surface area contributed by atoms with Gasteiger partial charge in [0.1, 0.15) is 6.16 Å². The molecule has 19 heavy (non-hydrogen) atoms. The summed E-state index contributed by atoms with van der Waals surface area (Å²) in [6, 6.07) is 4.53. The van der Waals surface area contributed by atoms with Gasteiger partial charge in [0, 0.05) is 10.6 Å². The van der Waals surface area contributed by atoms with Gasteiger partial charge < -0.3 is 9.05 Å². The van der Waals surface area contributed by atoms with Gasteiger partial charge in [-0.3, -0.25) is 9.36 Å². The van der Waals surface area contributed by atoms with E-state index in [0.717, 1.165) is 0 Å². The van der Waals surface area contributed by atoms with Crippen molar-refractivity contribution in [1.29, 1.82) is 0 Å². The van der Waals surface area contributed by atoms with Crippen molar-refractivity contribution in [3.8, 4) is 0 Å². The maximum atomic E-state index is 12.3. The van der Waals surface area contributed by atoms with Gasteiger partial charge in [-0.15, -0.1) is 0 Å². The molecular weight excluding hydrogens is 310 g/mol. The predicted octanol–water partition coefficient (Wildman–Crippen LogP) is 4.44. The molecule has 7 heteroatoms. The maximum Gasteiger partial charge on any atom is 0.338 e. The van der Waals surface area contributed by atoms with Crippen LogP contribution in [0.4, 0.5) is 0 Å². The van der Waals surface area contributed by atoms with Gasteiger partial charge in [-0.2, -0.15) is 0 Å². The van der Waals surface area contributed by atoms with E-state index >= 15 is 0 Å². The Labute approximate surface area is 122 Å². The van der Waals surface area contributed by atoms with Crippen LogP contribution in [0.15, 0.2) is 18.2 Å². The fourth-order valence-electron chi connectivity index (χ4n) is 1.49. The third-order valence-corrected chi connectivity index (χ3v) is 4.76. The molecule has 0 spiro atoms. The lowest BCUT2D eigenvalue weighted by Crippen LogP contribution is -2.10. The monoisotopic (exact) mass is 324 g/mol. The molecule has 0 heterocycles. The van der Waals surface area contributed by atoms with E-state index in [2.05, 4.69) is 0 Å². The Morgan fingerprint density at radius 3 is 2.32 bits per heavy atom. The largest absolute Gasteiger partial charge is 0.338 e. The number of Topliss-reactive ketones (excluding diaryl/α,β-unsaturated/α-hetero) is 1. The highest BCUT2D eigenvalue weighted by Crippen LogP contribution is 2.48. The smallest absolute Gasteiger partial charge is 0.309 e. The zero-order valence-electron chi connectivity index (χ0n) is 10.7. The summed E-state index contributed by atoms with van der Waals surface area (Å²) in [6.07, 6.45) is -0.352. The minimum Gasteiger partial charge on any atom is -0.309 e. The maximum absolute atomic E-state index is 12.3. The average Bonchev–Trinajstić information content (AvgIpc) is 2.32. The van der Waals surface area contributed by atoms with Gasteiger partial charge in [0.25, 0.3) is 0 Å². The van der Waals surface area contributed by atoms with Gasteiger partial charge in [0.2, 0.25) is 0 Å². The summed E-state index contributed by atoms with van der Waals surface area (Å²) in [5.74, 6) is -0.419. The van der Waals surface area contributed by atoms with Crippen LogP contribution >= 0.6 is 30.8 Å². The molecule has 0 fully saturated rings. The minimum atomic E-state index is -3.43. The molecule has 1 rings (SSSR count). The second-order valence-electron chi connectivity index (χ2n) is 3.65. The first kappa shape index (κ1) is 16.7. The van der Waals surface area contributed by atoms with E-state index in [9.17, 15) is 9.36 Å². The number of carbonyl (C=O) groups excluding carboxylic acids is 1. The third kappa shape index (κ3) is 4.90. The van der Waals surface area contributed by atoms with Crippen molar-refractivity contribution >= 4 is 36.6 Å². The molecule has 0 atom stereocenters. The second-order valence-corrected chi connectivity index (χ2v) is 6.55. The lowest BCUT2D eigenvalue weighted by molar-refractivity contribution is 0.100. The zero-order valence-corrected chi connectivity index (χ0v) is 13.1. The van der Waals surface area contributed by atoms with E-state index in [0.29, 0.717) is 5.02 Å². The van der Waals surface area contributed by atoms with Crippen molar-refractivity contribution in [2.24, 2.45) is 0 Å². The normalized spacial score (nSPS) is 11.6. The van der Waals surface area contributed by atoms with E-state index in [1.165, 1.54) is 12.1 Å². The molecule has 0 aliphatic heterocycles. The van der Waals surface area contributed by atoms with Crippen molar-refractivity contribution in [3.63, 3.8) is 0 Å². The first-order chi connectivity index (χ1) is 8.91. The number of rotatable bonds is 7. The summed E-state index contributed by atoms with van der Waals surface area (Å²) in [4.78, 5) is 12.1. The van der Waals surface area contributed by atoms with E-state index in [1.807, 2.05) is 0 Å². The topological polar surface area (TPSA) is 52.6 Å². The van der Waals surface area contributed by atoms with E-state index in [-0.39, 0.29) is 30.0 Å². The molecule has 106 valence electrons. The molecule has 0 radical (unpaired) electrons. The van der Waals surface area contributed by atoms with Gasteiger partial charge >= 0.3 is 7.60 Å². The fraction of sp³-hybridized carbons (Fsp3) is 0.417. The number of ketones is 1. The zero-order chi connectivity index (χ0) is 14.5. The first-order valence-electron chi connectivity index (χ1n) is 5.78. The molecule has 0 amide bonds. The standard InChI is InChI=1S/C12H15Cl2O4P/c1-3-17-19(16,18-4-2)8-12(15)10-7-9(13)5-6-11(10)14/h5-7H,3-4,8H2,1-2H3. The Morgan fingerprint density at radius 2 is 1.79 bits per heavy atom. The summed E-state index contributed by atoms with van der Waals surface area (Å²) in [5.41, 5.74) is 0.216. The van der Waals surface area contributed by atoms with Crippen LogP contribution in [-0.4, -0.2) is 25.2 Å².